The summed E-state index contributed by atoms with van der Waals surface area (Å²) in [6.07, 6.45) is 6.84. The SMILES string of the molecule is COC(=S)c1cc(Nc2ccc(C3CCCCC3)cc2)c(C)s1. The number of aryl methyl sites for hydroxylation is 1. The zero-order chi connectivity index (χ0) is 16.2. The van der Waals surface area contributed by atoms with Gasteiger partial charge < -0.3 is 10.1 Å². The molecule has 2 aromatic rings. The Morgan fingerprint density at radius 1 is 1.17 bits per heavy atom. The van der Waals surface area contributed by atoms with Crippen molar-refractivity contribution < 1.29 is 4.74 Å². The normalized spacial score (nSPS) is 15.4. The lowest BCUT2D eigenvalue weighted by molar-refractivity contribution is 0.417. The third-order valence-electron chi connectivity index (χ3n) is 4.57. The predicted octanol–water partition coefficient (Wildman–Crippen LogP) is 6.17. The number of nitrogens with one attached hydrogen (secondary N) is 1. The lowest BCUT2D eigenvalue weighted by atomic mass is 9.84. The Bertz CT molecular complexity index is 669. The summed E-state index contributed by atoms with van der Waals surface area (Å²) in [6.45, 7) is 2.10. The molecular formula is C19H23NOS2. The maximum atomic E-state index is 5.21. The molecule has 4 heteroatoms. The van der Waals surface area contributed by atoms with E-state index in [0.29, 0.717) is 5.05 Å². The van der Waals surface area contributed by atoms with Gasteiger partial charge in [-0.25, -0.2) is 0 Å². The fourth-order valence-electron chi connectivity index (χ4n) is 3.24. The Morgan fingerprint density at radius 2 is 1.87 bits per heavy atom. The van der Waals surface area contributed by atoms with Gasteiger partial charge in [0.15, 0.2) is 0 Å². The molecule has 1 aromatic heterocycles. The molecular weight excluding hydrogens is 322 g/mol. The van der Waals surface area contributed by atoms with Crippen LogP contribution in [0.3, 0.4) is 0 Å². The van der Waals surface area contributed by atoms with Crippen LogP contribution >= 0.6 is 23.6 Å². The molecule has 0 radical (unpaired) electrons. The third-order valence-corrected chi connectivity index (χ3v) is 6.14. The number of thiocarbonyl (C=S) groups is 1. The van der Waals surface area contributed by atoms with Gasteiger partial charge in [0.05, 0.1) is 17.7 Å². The Hall–Kier alpha value is -1.39. The van der Waals surface area contributed by atoms with E-state index in [1.54, 1.807) is 18.4 Å². The third kappa shape index (κ3) is 3.93. The Balaban J connectivity index is 1.70. The fraction of sp³-hybridized carbons (Fsp3) is 0.421. The molecule has 1 N–H and O–H groups in total. The van der Waals surface area contributed by atoms with Crippen molar-refractivity contribution in [2.24, 2.45) is 0 Å². The average Bonchev–Trinajstić information content (AvgIpc) is 2.96. The van der Waals surface area contributed by atoms with Crippen LogP contribution in [0.4, 0.5) is 11.4 Å². The summed E-state index contributed by atoms with van der Waals surface area (Å²) >= 11 is 6.87. The largest absolute Gasteiger partial charge is 0.486 e. The maximum absolute atomic E-state index is 5.21. The van der Waals surface area contributed by atoms with E-state index in [4.69, 9.17) is 17.0 Å². The number of hydrogen-bond acceptors (Lipinski definition) is 4. The van der Waals surface area contributed by atoms with Crippen molar-refractivity contribution in [2.45, 2.75) is 44.9 Å². The molecule has 1 aliphatic rings. The molecule has 3 rings (SSSR count). The average molecular weight is 346 g/mol. The van der Waals surface area contributed by atoms with E-state index < -0.39 is 0 Å². The number of hydrogen-bond donors (Lipinski definition) is 1. The molecule has 1 heterocycles. The first kappa shape index (κ1) is 16.5. The second-order valence-corrected chi connectivity index (χ2v) is 7.78. The first-order valence-corrected chi connectivity index (χ1v) is 9.45. The summed E-state index contributed by atoms with van der Waals surface area (Å²) in [4.78, 5) is 2.22. The highest BCUT2D eigenvalue weighted by atomic mass is 32.1. The van der Waals surface area contributed by atoms with Crippen LogP contribution < -0.4 is 5.32 Å². The van der Waals surface area contributed by atoms with Crippen molar-refractivity contribution in [3.63, 3.8) is 0 Å². The summed E-state index contributed by atoms with van der Waals surface area (Å²) < 4.78 is 5.15. The molecule has 0 bridgehead atoms. The molecule has 122 valence electrons. The van der Waals surface area contributed by atoms with Gasteiger partial charge in [-0.15, -0.1) is 11.3 Å². The minimum Gasteiger partial charge on any atom is -0.486 e. The summed E-state index contributed by atoms with van der Waals surface area (Å²) in [5, 5.41) is 4.05. The van der Waals surface area contributed by atoms with Crippen molar-refractivity contribution in [3.05, 3.63) is 45.6 Å². The van der Waals surface area contributed by atoms with Crippen LogP contribution in [0.1, 0.15) is 53.3 Å². The highest BCUT2D eigenvalue weighted by Crippen LogP contribution is 2.34. The minimum absolute atomic E-state index is 0.554. The molecule has 1 saturated carbocycles. The summed E-state index contributed by atoms with van der Waals surface area (Å²) in [7, 11) is 1.62. The van der Waals surface area contributed by atoms with Gasteiger partial charge in [0.1, 0.15) is 0 Å². The van der Waals surface area contributed by atoms with E-state index in [0.717, 1.165) is 22.2 Å². The molecule has 0 aliphatic heterocycles. The summed E-state index contributed by atoms with van der Waals surface area (Å²) in [5.74, 6) is 0.756. The van der Waals surface area contributed by atoms with Crippen molar-refractivity contribution in [1.29, 1.82) is 0 Å². The van der Waals surface area contributed by atoms with Gasteiger partial charge in [-0.3, -0.25) is 0 Å². The van der Waals surface area contributed by atoms with E-state index in [9.17, 15) is 0 Å². The van der Waals surface area contributed by atoms with E-state index in [1.807, 2.05) is 0 Å². The molecule has 0 saturated heterocycles. The summed E-state index contributed by atoms with van der Waals surface area (Å²) in [6, 6.07) is 11.0. The van der Waals surface area contributed by atoms with E-state index in [-0.39, 0.29) is 0 Å². The maximum Gasteiger partial charge on any atom is 0.201 e. The molecule has 0 amide bonds. The van der Waals surface area contributed by atoms with Crippen molar-refractivity contribution in [1.82, 2.24) is 0 Å². The highest BCUT2D eigenvalue weighted by Gasteiger charge is 2.15. The van der Waals surface area contributed by atoms with Crippen molar-refractivity contribution in [2.75, 3.05) is 12.4 Å². The van der Waals surface area contributed by atoms with Crippen LogP contribution in [0.25, 0.3) is 0 Å². The van der Waals surface area contributed by atoms with Crippen LogP contribution in [-0.2, 0) is 4.74 Å². The Labute approximate surface area is 147 Å². The lowest BCUT2D eigenvalue weighted by Crippen LogP contribution is -2.04. The summed E-state index contributed by atoms with van der Waals surface area (Å²) in [5.41, 5.74) is 3.72. The van der Waals surface area contributed by atoms with Crippen LogP contribution in [0, 0.1) is 6.92 Å². The van der Waals surface area contributed by atoms with E-state index in [2.05, 4.69) is 42.6 Å². The molecule has 1 aliphatic carbocycles. The second kappa shape index (κ2) is 7.45. The number of thiophene rings is 1. The Kier molecular flexibility index (Phi) is 5.34. The molecule has 2 nitrogen and oxygen atoms in total. The van der Waals surface area contributed by atoms with Gasteiger partial charge in [-0.05, 0) is 61.7 Å². The first-order valence-electron chi connectivity index (χ1n) is 8.23. The van der Waals surface area contributed by atoms with E-state index in [1.165, 1.54) is 42.5 Å². The number of ether oxygens (including phenoxy) is 1. The molecule has 0 spiro atoms. The van der Waals surface area contributed by atoms with Crippen molar-refractivity contribution in [3.8, 4) is 0 Å². The van der Waals surface area contributed by atoms with Gasteiger partial charge in [-0.2, -0.15) is 0 Å². The molecule has 23 heavy (non-hydrogen) atoms. The smallest absolute Gasteiger partial charge is 0.201 e. The van der Waals surface area contributed by atoms with Gasteiger partial charge in [0.25, 0.3) is 0 Å². The van der Waals surface area contributed by atoms with Crippen LogP contribution in [0.2, 0.25) is 0 Å². The van der Waals surface area contributed by atoms with Crippen molar-refractivity contribution >= 4 is 40.0 Å². The molecule has 1 fully saturated rings. The zero-order valence-corrected chi connectivity index (χ0v) is 15.4. The number of benzene rings is 1. The highest BCUT2D eigenvalue weighted by molar-refractivity contribution is 7.80. The van der Waals surface area contributed by atoms with E-state index >= 15 is 0 Å². The monoisotopic (exact) mass is 345 g/mol. The quantitative estimate of drug-likeness (QED) is 0.670. The standard InChI is InChI=1S/C19H23NOS2/c1-13-17(12-18(23-13)19(22)21-2)20-16-10-8-15(9-11-16)14-6-4-3-5-7-14/h8-12,14,20H,3-7H2,1-2H3. The Morgan fingerprint density at radius 3 is 2.52 bits per heavy atom. The molecule has 1 aromatic carbocycles. The molecule has 0 atom stereocenters. The number of methoxy groups -OCH3 is 1. The fourth-order valence-corrected chi connectivity index (χ4v) is 4.31. The molecule has 0 unspecified atom stereocenters. The van der Waals surface area contributed by atoms with Gasteiger partial charge in [0.2, 0.25) is 5.05 Å². The first-order chi connectivity index (χ1) is 11.2. The van der Waals surface area contributed by atoms with Gasteiger partial charge in [-0.1, -0.05) is 31.4 Å². The predicted molar refractivity (Wildman–Crippen MR) is 103 cm³/mol. The lowest BCUT2D eigenvalue weighted by Gasteiger charge is -2.22. The zero-order valence-electron chi connectivity index (χ0n) is 13.7. The van der Waals surface area contributed by atoms with Gasteiger partial charge >= 0.3 is 0 Å². The van der Waals surface area contributed by atoms with Gasteiger partial charge in [0, 0.05) is 10.6 Å². The second-order valence-electron chi connectivity index (χ2n) is 6.15. The van der Waals surface area contributed by atoms with Crippen LogP contribution in [-0.4, -0.2) is 12.2 Å². The number of rotatable bonds is 4. The van der Waals surface area contributed by atoms with Crippen LogP contribution in [0.5, 0.6) is 0 Å². The van der Waals surface area contributed by atoms with Crippen LogP contribution in [0.15, 0.2) is 30.3 Å². The number of anilines is 2. The topological polar surface area (TPSA) is 21.3 Å². The minimum atomic E-state index is 0.554.